The number of nitrogens with one attached hydrogen (secondary N) is 1. The van der Waals surface area contributed by atoms with Crippen LogP contribution in [0.4, 0.5) is 11.6 Å². The number of nitrogens with two attached hydrogens (primary N) is 1. The van der Waals surface area contributed by atoms with Gasteiger partial charge in [-0.25, -0.2) is 4.98 Å². The van der Waals surface area contributed by atoms with E-state index in [1.165, 1.54) is 4.57 Å². The van der Waals surface area contributed by atoms with Crippen molar-refractivity contribution in [3.63, 3.8) is 0 Å². The summed E-state index contributed by atoms with van der Waals surface area (Å²) in [5.74, 6) is -0.272. The second kappa shape index (κ2) is 5.78. The van der Waals surface area contributed by atoms with E-state index in [4.69, 9.17) is 5.73 Å². The molecule has 6 heteroatoms. The summed E-state index contributed by atoms with van der Waals surface area (Å²) >= 11 is 0. The number of aromatic nitrogens is 2. The summed E-state index contributed by atoms with van der Waals surface area (Å²) < 4.78 is 1.18. The minimum absolute atomic E-state index is 0.0445. The smallest absolute Gasteiger partial charge is 0.258 e. The summed E-state index contributed by atoms with van der Waals surface area (Å²) in [5, 5.41) is 2.77. The number of nitrogens with zero attached hydrogens (tertiary/aromatic N) is 2. The Balaban J connectivity index is 2.23. The normalized spacial score (nSPS) is 10.4. The maximum Gasteiger partial charge on any atom is 0.258 e. The van der Waals surface area contributed by atoms with E-state index in [1.54, 1.807) is 19.9 Å². The lowest BCUT2D eigenvalue weighted by molar-refractivity contribution is -0.116. The molecular weight excluding hydrogens is 268 g/mol. The third-order valence-electron chi connectivity index (χ3n) is 3.39. The van der Waals surface area contributed by atoms with Crippen LogP contribution >= 0.6 is 0 Å². The summed E-state index contributed by atoms with van der Waals surface area (Å²) in [7, 11) is 0. The molecule has 1 aromatic carbocycles. The van der Waals surface area contributed by atoms with Gasteiger partial charge in [-0.2, -0.15) is 0 Å². The Morgan fingerprint density at radius 1 is 1.29 bits per heavy atom. The van der Waals surface area contributed by atoms with Gasteiger partial charge in [0.1, 0.15) is 6.54 Å². The summed E-state index contributed by atoms with van der Waals surface area (Å²) in [6.45, 7) is 5.12. The minimum Gasteiger partial charge on any atom is -0.369 e. The number of benzene rings is 1. The van der Waals surface area contributed by atoms with Gasteiger partial charge in [0.05, 0.1) is 0 Å². The predicted octanol–water partition coefficient (Wildman–Crippen LogP) is 1.39. The van der Waals surface area contributed by atoms with Gasteiger partial charge in [0.25, 0.3) is 5.56 Å². The van der Waals surface area contributed by atoms with Crippen molar-refractivity contribution < 1.29 is 4.79 Å². The number of nitrogen functional groups attached to an aromatic ring is 1. The van der Waals surface area contributed by atoms with Crippen LogP contribution in [0.5, 0.6) is 0 Å². The number of carbonyl (C=O) groups is 1. The van der Waals surface area contributed by atoms with Crippen LogP contribution in [-0.4, -0.2) is 15.5 Å². The minimum atomic E-state index is -0.317. The van der Waals surface area contributed by atoms with Crippen molar-refractivity contribution in [1.82, 2.24) is 9.55 Å². The van der Waals surface area contributed by atoms with Crippen LogP contribution in [0.25, 0.3) is 0 Å². The lowest BCUT2D eigenvalue weighted by atomic mass is 10.2. The number of aryl methyl sites for hydroxylation is 2. The van der Waals surface area contributed by atoms with E-state index >= 15 is 0 Å². The Labute approximate surface area is 122 Å². The van der Waals surface area contributed by atoms with Crippen LogP contribution in [0.1, 0.15) is 16.8 Å². The lowest BCUT2D eigenvalue weighted by Crippen LogP contribution is -2.32. The highest BCUT2D eigenvalue weighted by Crippen LogP contribution is 2.13. The monoisotopic (exact) mass is 286 g/mol. The summed E-state index contributed by atoms with van der Waals surface area (Å²) in [6.07, 6.45) is 0. The summed E-state index contributed by atoms with van der Waals surface area (Å²) in [6, 6.07) is 7.42. The fourth-order valence-corrected chi connectivity index (χ4v) is 1.98. The molecule has 0 aliphatic rings. The van der Waals surface area contributed by atoms with E-state index in [0.717, 1.165) is 5.56 Å². The molecule has 1 aromatic heterocycles. The SMILES string of the molecule is Cc1ccccc1NC(=O)Cn1c(N)nc(C)c(C)c1=O. The fraction of sp³-hybridized carbons (Fsp3) is 0.267. The van der Waals surface area contributed by atoms with Gasteiger partial charge in [0.2, 0.25) is 11.9 Å². The molecule has 0 saturated heterocycles. The third kappa shape index (κ3) is 3.10. The number of para-hydroxylation sites is 1. The summed E-state index contributed by atoms with van der Waals surface area (Å²) in [5.41, 5.74) is 8.18. The number of anilines is 2. The molecule has 0 unspecified atom stereocenters. The van der Waals surface area contributed by atoms with E-state index in [-0.39, 0.29) is 24.0 Å². The standard InChI is InChI=1S/C15H18N4O2/c1-9-6-4-5-7-12(9)18-13(20)8-19-14(21)10(2)11(3)17-15(19)16/h4-7H,8H2,1-3H3,(H2,16,17)(H,18,20). The molecule has 2 rings (SSSR count). The predicted molar refractivity (Wildman–Crippen MR) is 82.2 cm³/mol. The van der Waals surface area contributed by atoms with Gasteiger partial charge < -0.3 is 11.1 Å². The van der Waals surface area contributed by atoms with Gasteiger partial charge in [-0.3, -0.25) is 14.2 Å². The molecule has 0 radical (unpaired) electrons. The van der Waals surface area contributed by atoms with Crippen molar-refractivity contribution in [2.45, 2.75) is 27.3 Å². The maximum absolute atomic E-state index is 12.1. The number of amides is 1. The van der Waals surface area contributed by atoms with Crippen molar-refractivity contribution in [1.29, 1.82) is 0 Å². The van der Waals surface area contributed by atoms with Gasteiger partial charge in [0, 0.05) is 16.9 Å². The van der Waals surface area contributed by atoms with Gasteiger partial charge in [0.15, 0.2) is 0 Å². The largest absolute Gasteiger partial charge is 0.369 e. The van der Waals surface area contributed by atoms with Crippen LogP contribution in [-0.2, 0) is 11.3 Å². The lowest BCUT2D eigenvalue weighted by Gasteiger charge is -2.12. The average Bonchev–Trinajstić information content (AvgIpc) is 2.44. The number of hydrogen-bond acceptors (Lipinski definition) is 4. The highest BCUT2D eigenvalue weighted by molar-refractivity contribution is 5.91. The first-order valence-electron chi connectivity index (χ1n) is 6.59. The van der Waals surface area contributed by atoms with Crippen LogP contribution in [0.15, 0.2) is 29.1 Å². The van der Waals surface area contributed by atoms with Crippen molar-refractivity contribution in [3.05, 3.63) is 51.4 Å². The second-order valence-corrected chi connectivity index (χ2v) is 4.93. The molecule has 0 aliphatic carbocycles. The molecule has 3 N–H and O–H groups in total. The first-order chi connectivity index (χ1) is 9.90. The Hall–Kier alpha value is -2.63. The molecule has 0 bridgehead atoms. The topological polar surface area (TPSA) is 90.0 Å². The first-order valence-corrected chi connectivity index (χ1v) is 6.59. The van der Waals surface area contributed by atoms with Crippen molar-refractivity contribution in [2.75, 3.05) is 11.1 Å². The molecule has 0 aliphatic heterocycles. The van der Waals surface area contributed by atoms with E-state index in [9.17, 15) is 9.59 Å². The zero-order chi connectivity index (χ0) is 15.6. The average molecular weight is 286 g/mol. The zero-order valence-electron chi connectivity index (χ0n) is 12.3. The highest BCUT2D eigenvalue weighted by Gasteiger charge is 2.12. The number of hydrogen-bond donors (Lipinski definition) is 2. The van der Waals surface area contributed by atoms with Crippen LogP contribution < -0.4 is 16.6 Å². The highest BCUT2D eigenvalue weighted by atomic mass is 16.2. The Bertz CT molecular complexity index is 750. The van der Waals surface area contributed by atoms with Crippen LogP contribution in [0.2, 0.25) is 0 Å². The molecule has 0 atom stereocenters. The molecule has 0 spiro atoms. The molecule has 0 saturated carbocycles. The van der Waals surface area contributed by atoms with Gasteiger partial charge in [-0.05, 0) is 32.4 Å². The quantitative estimate of drug-likeness (QED) is 0.892. The van der Waals surface area contributed by atoms with E-state index in [0.29, 0.717) is 16.9 Å². The first kappa shape index (κ1) is 14.8. The van der Waals surface area contributed by atoms with Crippen LogP contribution in [0, 0.1) is 20.8 Å². The van der Waals surface area contributed by atoms with Crippen LogP contribution in [0.3, 0.4) is 0 Å². The molecule has 1 amide bonds. The Morgan fingerprint density at radius 3 is 2.62 bits per heavy atom. The fourth-order valence-electron chi connectivity index (χ4n) is 1.98. The van der Waals surface area contributed by atoms with E-state index < -0.39 is 0 Å². The Morgan fingerprint density at radius 2 is 1.95 bits per heavy atom. The summed E-state index contributed by atoms with van der Waals surface area (Å²) in [4.78, 5) is 28.3. The third-order valence-corrected chi connectivity index (χ3v) is 3.39. The molecule has 1 heterocycles. The van der Waals surface area contributed by atoms with Crippen molar-refractivity contribution in [2.24, 2.45) is 0 Å². The van der Waals surface area contributed by atoms with Crippen molar-refractivity contribution in [3.8, 4) is 0 Å². The number of carbonyl (C=O) groups excluding carboxylic acids is 1. The zero-order valence-corrected chi connectivity index (χ0v) is 12.3. The van der Waals surface area contributed by atoms with Crippen molar-refractivity contribution >= 4 is 17.5 Å². The van der Waals surface area contributed by atoms with E-state index in [1.807, 2.05) is 25.1 Å². The molecule has 110 valence electrons. The molecular formula is C15H18N4O2. The molecule has 0 fully saturated rings. The maximum atomic E-state index is 12.1. The number of rotatable bonds is 3. The molecule has 21 heavy (non-hydrogen) atoms. The Kier molecular flexibility index (Phi) is 4.07. The van der Waals surface area contributed by atoms with Gasteiger partial charge >= 0.3 is 0 Å². The van der Waals surface area contributed by atoms with Gasteiger partial charge in [-0.1, -0.05) is 18.2 Å². The van der Waals surface area contributed by atoms with Gasteiger partial charge in [-0.15, -0.1) is 0 Å². The molecule has 2 aromatic rings. The molecule has 6 nitrogen and oxygen atoms in total. The van der Waals surface area contributed by atoms with E-state index in [2.05, 4.69) is 10.3 Å². The second-order valence-electron chi connectivity index (χ2n) is 4.93.